The zero-order valence-corrected chi connectivity index (χ0v) is 12.0. The number of nitrogens with zero attached hydrogens (tertiary/aromatic N) is 1. The number of nitrogens with one attached hydrogen (secondary N) is 1. The lowest BCUT2D eigenvalue weighted by molar-refractivity contribution is 0.416. The molecule has 18 heavy (non-hydrogen) atoms. The Morgan fingerprint density at radius 3 is 2.67 bits per heavy atom. The highest BCUT2D eigenvalue weighted by atomic mass is 32.1. The van der Waals surface area contributed by atoms with E-state index in [9.17, 15) is 0 Å². The smallest absolute Gasteiger partial charge is 0.0440 e. The van der Waals surface area contributed by atoms with E-state index in [4.69, 9.17) is 0 Å². The molecule has 1 unspecified atom stereocenters. The van der Waals surface area contributed by atoms with E-state index in [0.717, 1.165) is 12.2 Å². The third kappa shape index (κ3) is 3.40. The second kappa shape index (κ2) is 6.12. The largest absolute Gasteiger partial charge is 0.305 e. The van der Waals surface area contributed by atoms with Crippen LogP contribution in [0.3, 0.4) is 0 Å². The Hall–Kier alpha value is -1.19. The fourth-order valence-electron chi connectivity index (χ4n) is 1.96. The van der Waals surface area contributed by atoms with Crippen molar-refractivity contribution in [3.05, 3.63) is 52.0 Å². The van der Waals surface area contributed by atoms with Crippen LogP contribution in [0.15, 0.2) is 35.8 Å². The van der Waals surface area contributed by atoms with Gasteiger partial charge in [-0.25, -0.2) is 0 Å². The third-order valence-electron chi connectivity index (χ3n) is 3.02. The van der Waals surface area contributed by atoms with Gasteiger partial charge in [-0.1, -0.05) is 26.0 Å². The first-order chi connectivity index (χ1) is 8.66. The highest BCUT2D eigenvalue weighted by Crippen LogP contribution is 2.26. The number of aryl methyl sites for hydroxylation is 1. The monoisotopic (exact) mass is 260 g/mol. The summed E-state index contributed by atoms with van der Waals surface area (Å²) >= 11 is 1.82. The minimum absolute atomic E-state index is 0.423. The van der Waals surface area contributed by atoms with E-state index in [1.165, 1.54) is 10.4 Å². The average Bonchev–Trinajstić information content (AvgIpc) is 2.85. The standard InChI is InChI=1S/C15H20N2S/c1-11(2)15(14-5-4-8-18-14)17-10-13-7-6-12(3)16-9-13/h4-9,11,15,17H,10H2,1-3H3. The fourth-order valence-corrected chi connectivity index (χ4v) is 2.94. The molecule has 2 aromatic heterocycles. The summed E-state index contributed by atoms with van der Waals surface area (Å²) < 4.78 is 0. The lowest BCUT2D eigenvalue weighted by atomic mass is 10.0. The van der Waals surface area contributed by atoms with Crippen LogP contribution in [0, 0.1) is 12.8 Å². The lowest BCUT2D eigenvalue weighted by Gasteiger charge is -2.21. The van der Waals surface area contributed by atoms with Crippen LogP contribution in [0.1, 0.15) is 36.0 Å². The maximum atomic E-state index is 4.33. The SMILES string of the molecule is Cc1ccc(CNC(c2cccs2)C(C)C)cn1. The molecule has 0 amide bonds. The average molecular weight is 260 g/mol. The number of rotatable bonds is 5. The van der Waals surface area contributed by atoms with E-state index < -0.39 is 0 Å². The van der Waals surface area contributed by atoms with Crippen molar-refractivity contribution in [3.63, 3.8) is 0 Å². The van der Waals surface area contributed by atoms with Crippen LogP contribution in [0.2, 0.25) is 0 Å². The molecule has 0 spiro atoms. The first kappa shape index (κ1) is 13.2. The van der Waals surface area contributed by atoms with Gasteiger partial charge in [-0.3, -0.25) is 4.98 Å². The molecule has 0 aliphatic rings. The Kier molecular flexibility index (Phi) is 4.50. The molecule has 2 rings (SSSR count). The molecule has 2 heterocycles. The van der Waals surface area contributed by atoms with Gasteiger partial charge >= 0.3 is 0 Å². The normalized spacial score (nSPS) is 12.9. The van der Waals surface area contributed by atoms with Crippen molar-refractivity contribution in [1.29, 1.82) is 0 Å². The Morgan fingerprint density at radius 2 is 2.11 bits per heavy atom. The van der Waals surface area contributed by atoms with E-state index in [1.54, 1.807) is 0 Å². The predicted molar refractivity (Wildman–Crippen MR) is 77.7 cm³/mol. The minimum Gasteiger partial charge on any atom is -0.305 e. The highest BCUT2D eigenvalue weighted by Gasteiger charge is 2.15. The second-order valence-corrected chi connectivity index (χ2v) is 5.91. The molecule has 96 valence electrons. The van der Waals surface area contributed by atoms with Gasteiger partial charge in [0, 0.05) is 29.4 Å². The molecule has 1 N–H and O–H groups in total. The van der Waals surface area contributed by atoms with Gasteiger partial charge in [0.15, 0.2) is 0 Å². The van der Waals surface area contributed by atoms with E-state index in [2.05, 4.69) is 53.8 Å². The predicted octanol–water partition coefficient (Wildman–Crippen LogP) is 3.94. The summed E-state index contributed by atoms with van der Waals surface area (Å²) in [5.41, 5.74) is 2.31. The summed E-state index contributed by atoms with van der Waals surface area (Å²) in [7, 11) is 0. The maximum absolute atomic E-state index is 4.33. The fraction of sp³-hybridized carbons (Fsp3) is 0.400. The van der Waals surface area contributed by atoms with Crippen LogP contribution < -0.4 is 5.32 Å². The van der Waals surface area contributed by atoms with Gasteiger partial charge in [0.05, 0.1) is 0 Å². The van der Waals surface area contributed by atoms with E-state index >= 15 is 0 Å². The third-order valence-corrected chi connectivity index (χ3v) is 3.97. The summed E-state index contributed by atoms with van der Waals surface area (Å²) in [5, 5.41) is 5.77. The van der Waals surface area contributed by atoms with Gasteiger partial charge < -0.3 is 5.32 Å². The Labute approximate surface area is 113 Å². The second-order valence-electron chi connectivity index (χ2n) is 4.93. The quantitative estimate of drug-likeness (QED) is 0.881. The van der Waals surface area contributed by atoms with Crippen molar-refractivity contribution in [3.8, 4) is 0 Å². The summed E-state index contributed by atoms with van der Waals surface area (Å²) in [6, 6.07) is 8.94. The Morgan fingerprint density at radius 1 is 1.28 bits per heavy atom. The Balaban J connectivity index is 2.00. The molecule has 0 radical (unpaired) electrons. The molecule has 2 aromatic rings. The molecule has 0 aliphatic heterocycles. The van der Waals surface area contributed by atoms with Crippen molar-refractivity contribution in [2.24, 2.45) is 5.92 Å². The first-order valence-corrected chi connectivity index (χ1v) is 7.23. The zero-order valence-electron chi connectivity index (χ0n) is 11.2. The summed E-state index contributed by atoms with van der Waals surface area (Å²) in [4.78, 5) is 5.73. The van der Waals surface area contributed by atoms with Crippen LogP contribution >= 0.6 is 11.3 Å². The lowest BCUT2D eigenvalue weighted by Crippen LogP contribution is -2.24. The Bertz CT molecular complexity index is 460. The van der Waals surface area contributed by atoms with Crippen molar-refractivity contribution in [2.45, 2.75) is 33.4 Å². The molecule has 1 atom stereocenters. The number of hydrogen-bond acceptors (Lipinski definition) is 3. The van der Waals surface area contributed by atoms with E-state index in [-0.39, 0.29) is 0 Å². The molecule has 2 nitrogen and oxygen atoms in total. The highest BCUT2D eigenvalue weighted by molar-refractivity contribution is 7.10. The summed E-state index contributed by atoms with van der Waals surface area (Å²) in [5.74, 6) is 0.585. The molecule has 0 saturated carbocycles. The molecule has 0 fully saturated rings. The van der Waals surface area contributed by atoms with Gasteiger partial charge in [0.25, 0.3) is 0 Å². The van der Waals surface area contributed by atoms with Gasteiger partial charge in [-0.2, -0.15) is 0 Å². The van der Waals surface area contributed by atoms with Crippen LogP contribution in [0.5, 0.6) is 0 Å². The summed E-state index contributed by atoms with van der Waals surface area (Å²) in [6.07, 6.45) is 1.95. The van der Waals surface area contributed by atoms with Gasteiger partial charge in [0.1, 0.15) is 0 Å². The molecular weight excluding hydrogens is 240 g/mol. The molecule has 0 aliphatic carbocycles. The van der Waals surface area contributed by atoms with Crippen molar-refractivity contribution in [1.82, 2.24) is 10.3 Å². The summed E-state index contributed by atoms with van der Waals surface area (Å²) in [6.45, 7) is 7.39. The number of pyridine rings is 1. The zero-order chi connectivity index (χ0) is 13.0. The first-order valence-electron chi connectivity index (χ1n) is 6.35. The molecule has 3 heteroatoms. The number of thiophene rings is 1. The molecule has 0 bridgehead atoms. The van der Waals surface area contributed by atoms with Crippen molar-refractivity contribution < 1.29 is 0 Å². The van der Waals surface area contributed by atoms with E-state index in [0.29, 0.717) is 12.0 Å². The number of aromatic nitrogens is 1. The topological polar surface area (TPSA) is 24.9 Å². The minimum atomic E-state index is 0.423. The maximum Gasteiger partial charge on any atom is 0.0440 e. The van der Waals surface area contributed by atoms with Gasteiger partial charge in [0.2, 0.25) is 0 Å². The van der Waals surface area contributed by atoms with Gasteiger partial charge in [-0.15, -0.1) is 11.3 Å². The van der Waals surface area contributed by atoms with Crippen LogP contribution in [0.4, 0.5) is 0 Å². The van der Waals surface area contributed by atoms with Crippen molar-refractivity contribution >= 4 is 11.3 Å². The molecular formula is C15H20N2S. The van der Waals surface area contributed by atoms with Crippen LogP contribution in [-0.4, -0.2) is 4.98 Å². The van der Waals surface area contributed by atoms with Crippen LogP contribution in [0.25, 0.3) is 0 Å². The van der Waals surface area contributed by atoms with E-state index in [1.807, 2.05) is 24.5 Å². The number of hydrogen-bond donors (Lipinski definition) is 1. The van der Waals surface area contributed by atoms with Gasteiger partial charge in [-0.05, 0) is 35.9 Å². The van der Waals surface area contributed by atoms with Crippen LogP contribution in [-0.2, 0) is 6.54 Å². The van der Waals surface area contributed by atoms with Crippen molar-refractivity contribution in [2.75, 3.05) is 0 Å². The molecule has 0 aromatic carbocycles. The molecule has 0 saturated heterocycles.